The first-order valence-corrected chi connectivity index (χ1v) is 11.5. The molecule has 1 aromatic heterocycles. The molecule has 0 aromatic carbocycles. The maximum atomic E-state index is 11.9. The second-order valence-electron chi connectivity index (χ2n) is 9.28. The van der Waals surface area contributed by atoms with Crippen LogP contribution >= 0.6 is 0 Å². The number of hydrogen-bond acceptors (Lipinski definition) is 5. The molecule has 2 unspecified atom stereocenters. The minimum absolute atomic E-state index is 0.0575. The molecule has 1 saturated heterocycles. The Morgan fingerprint density at radius 2 is 1.62 bits per heavy atom. The van der Waals surface area contributed by atoms with Crippen molar-refractivity contribution < 1.29 is 4.79 Å². The fourth-order valence-corrected chi connectivity index (χ4v) is 4.86. The van der Waals surface area contributed by atoms with E-state index in [1.165, 1.54) is 5.56 Å². The highest BCUT2D eigenvalue weighted by molar-refractivity contribution is 5.78. The molecular weight excluding hydrogens is 362 g/mol. The summed E-state index contributed by atoms with van der Waals surface area (Å²) in [5, 5.41) is 3.19. The minimum atomic E-state index is 0.0575. The molecule has 0 bridgehead atoms. The zero-order chi connectivity index (χ0) is 21.0. The van der Waals surface area contributed by atoms with Crippen molar-refractivity contribution in [3.63, 3.8) is 0 Å². The number of carbonyl (C=O) groups is 1. The van der Waals surface area contributed by atoms with E-state index >= 15 is 0 Å². The van der Waals surface area contributed by atoms with E-state index in [1.807, 2.05) is 13.8 Å². The first-order valence-electron chi connectivity index (χ1n) is 11.5. The van der Waals surface area contributed by atoms with Crippen molar-refractivity contribution in [3.05, 3.63) is 18.0 Å². The van der Waals surface area contributed by atoms with Crippen LogP contribution in [-0.2, 0) is 4.79 Å². The smallest absolute Gasteiger partial charge is 0.225 e. The normalized spacial score (nSPS) is 28.6. The lowest BCUT2D eigenvalue weighted by Crippen LogP contribution is -2.58. The van der Waals surface area contributed by atoms with Gasteiger partial charge in [0, 0.05) is 49.5 Å². The lowest BCUT2D eigenvalue weighted by molar-refractivity contribution is -0.124. The molecule has 2 heterocycles. The Balaban J connectivity index is 1.62. The Kier molecular flexibility index (Phi) is 7.49. The van der Waals surface area contributed by atoms with Crippen molar-refractivity contribution >= 4 is 11.9 Å². The summed E-state index contributed by atoms with van der Waals surface area (Å²) < 4.78 is 0. The van der Waals surface area contributed by atoms with Gasteiger partial charge in [-0.15, -0.1) is 0 Å². The predicted octanol–water partition coefficient (Wildman–Crippen LogP) is 3.58. The number of aromatic nitrogens is 2. The van der Waals surface area contributed by atoms with Gasteiger partial charge in [0.05, 0.1) is 0 Å². The van der Waals surface area contributed by atoms with Gasteiger partial charge in [0.15, 0.2) is 0 Å². The Labute approximate surface area is 176 Å². The van der Waals surface area contributed by atoms with E-state index in [0.29, 0.717) is 24.0 Å². The Bertz CT molecular complexity index is 640. The number of nitrogens with zero attached hydrogens (tertiary/aromatic N) is 4. The molecule has 2 fully saturated rings. The number of carbonyl (C=O) groups excluding carboxylic acids is 1. The molecule has 1 aliphatic carbocycles. The van der Waals surface area contributed by atoms with E-state index in [2.05, 4.69) is 48.4 Å². The van der Waals surface area contributed by atoms with E-state index in [0.717, 1.165) is 57.6 Å². The summed E-state index contributed by atoms with van der Waals surface area (Å²) in [4.78, 5) is 26.5. The van der Waals surface area contributed by atoms with Gasteiger partial charge in [0.25, 0.3) is 0 Å². The van der Waals surface area contributed by atoms with Gasteiger partial charge in [-0.3, -0.25) is 4.79 Å². The number of amides is 1. The van der Waals surface area contributed by atoms with Gasteiger partial charge < -0.3 is 15.1 Å². The molecule has 6 heteroatoms. The number of likely N-dealkylation sites (N-methyl/N-ethyl adjacent to an activating group) is 1. The molecule has 1 amide bonds. The van der Waals surface area contributed by atoms with Gasteiger partial charge in [0.2, 0.25) is 11.9 Å². The summed E-state index contributed by atoms with van der Waals surface area (Å²) in [7, 11) is 2.21. The van der Waals surface area contributed by atoms with E-state index in [4.69, 9.17) is 9.97 Å². The SMILES string of the molecule is CCC1CN(C)CC(CC)N1c1ncc([C@H]2CC[C@H](NC(=O)C(C)C)CC2)cn1. The Morgan fingerprint density at radius 1 is 1.07 bits per heavy atom. The first-order chi connectivity index (χ1) is 13.9. The topological polar surface area (TPSA) is 61.4 Å². The van der Waals surface area contributed by atoms with Gasteiger partial charge >= 0.3 is 0 Å². The minimum Gasteiger partial charge on any atom is -0.353 e. The number of hydrogen-bond donors (Lipinski definition) is 1. The molecule has 2 atom stereocenters. The summed E-state index contributed by atoms with van der Waals surface area (Å²) in [6.07, 6.45) is 10.6. The molecule has 162 valence electrons. The van der Waals surface area contributed by atoms with Gasteiger partial charge in [-0.1, -0.05) is 27.7 Å². The molecule has 1 aliphatic heterocycles. The van der Waals surface area contributed by atoms with E-state index in [-0.39, 0.29) is 11.8 Å². The van der Waals surface area contributed by atoms with Gasteiger partial charge in [0.1, 0.15) is 0 Å². The van der Waals surface area contributed by atoms with E-state index in [1.54, 1.807) is 0 Å². The highest BCUT2D eigenvalue weighted by Gasteiger charge is 2.33. The quantitative estimate of drug-likeness (QED) is 0.789. The number of nitrogens with one attached hydrogen (secondary N) is 1. The first kappa shape index (κ1) is 22.0. The fourth-order valence-electron chi connectivity index (χ4n) is 4.86. The summed E-state index contributed by atoms with van der Waals surface area (Å²) in [6.45, 7) is 10.6. The van der Waals surface area contributed by atoms with E-state index in [9.17, 15) is 4.79 Å². The third kappa shape index (κ3) is 5.27. The van der Waals surface area contributed by atoms with Crippen LogP contribution in [0.3, 0.4) is 0 Å². The van der Waals surface area contributed by atoms with Crippen molar-refractivity contribution in [1.82, 2.24) is 20.2 Å². The Morgan fingerprint density at radius 3 is 2.10 bits per heavy atom. The predicted molar refractivity (Wildman–Crippen MR) is 118 cm³/mol. The number of piperazine rings is 1. The average molecular weight is 402 g/mol. The van der Waals surface area contributed by atoms with Crippen LogP contribution in [0.15, 0.2) is 12.4 Å². The monoisotopic (exact) mass is 401 g/mol. The van der Waals surface area contributed by atoms with Gasteiger partial charge in [-0.05, 0) is 57.1 Å². The summed E-state index contributed by atoms with van der Waals surface area (Å²) in [5.41, 5.74) is 1.25. The zero-order valence-corrected chi connectivity index (χ0v) is 18.9. The molecule has 6 nitrogen and oxygen atoms in total. The molecule has 1 saturated carbocycles. The van der Waals surface area contributed by atoms with Crippen LogP contribution in [0.2, 0.25) is 0 Å². The average Bonchev–Trinajstić information content (AvgIpc) is 2.73. The summed E-state index contributed by atoms with van der Waals surface area (Å²) in [6, 6.07) is 1.27. The largest absolute Gasteiger partial charge is 0.353 e. The second-order valence-corrected chi connectivity index (χ2v) is 9.28. The lowest BCUT2D eigenvalue weighted by atomic mass is 9.82. The van der Waals surface area contributed by atoms with Crippen molar-refractivity contribution in [2.24, 2.45) is 5.92 Å². The van der Waals surface area contributed by atoms with Crippen LogP contribution in [0.25, 0.3) is 0 Å². The molecule has 1 N–H and O–H groups in total. The molecule has 29 heavy (non-hydrogen) atoms. The highest BCUT2D eigenvalue weighted by Crippen LogP contribution is 2.33. The van der Waals surface area contributed by atoms with Crippen molar-refractivity contribution in [2.75, 3.05) is 25.0 Å². The standard InChI is InChI=1S/C23H39N5O/c1-6-20-14-27(5)15-21(7-2)28(20)23-24-12-18(13-25-23)17-8-10-19(11-9-17)26-22(29)16(3)4/h12-13,16-17,19-21H,6-11,14-15H2,1-5H3,(H,26,29)/t17-,19-,20?,21?. The van der Waals surface area contributed by atoms with Crippen molar-refractivity contribution in [1.29, 1.82) is 0 Å². The summed E-state index contributed by atoms with van der Waals surface area (Å²) >= 11 is 0. The Hall–Kier alpha value is -1.69. The van der Waals surface area contributed by atoms with Crippen molar-refractivity contribution in [2.45, 2.75) is 90.3 Å². The molecular formula is C23H39N5O. The van der Waals surface area contributed by atoms with Crippen LogP contribution < -0.4 is 10.2 Å². The van der Waals surface area contributed by atoms with Crippen LogP contribution in [0.5, 0.6) is 0 Å². The molecule has 0 spiro atoms. The third-order valence-corrected chi connectivity index (χ3v) is 6.73. The lowest BCUT2D eigenvalue weighted by Gasteiger charge is -2.45. The molecule has 1 aromatic rings. The molecule has 0 radical (unpaired) electrons. The summed E-state index contributed by atoms with van der Waals surface area (Å²) in [5.74, 6) is 1.62. The molecule has 2 aliphatic rings. The zero-order valence-electron chi connectivity index (χ0n) is 18.9. The van der Waals surface area contributed by atoms with Crippen LogP contribution in [-0.4, -0.2) is 59.0 Å². The second kappa shape index (κ2) is 9.88. The van der Waals surface area contributed by atoms with Crippen LogP contribution in [0.4, 0.5) is 5.95 Å². The number of anilines is 1. The number of rotatable bonds is 6. The van der Waals surface area contributed by atoms with Crippen LogP contribution in [0, 0.1) is 5.92 Å². The maximum absolute atomic E-state index is 11.9. The van der Waals surface area contributed by atoms with Crippen molar-refractivity contribution in [3.8, 4) is 0 Å². The van der Waals surface area contributed by atoms with Gasteiger partial charge in [-0.25, -0.2) is 9.97 Å². The third-order valence-electron chi connectivity index (χ3n) is 6.73. The van der Waals surface area contributed by atoms with E-state index < -0.39 is 0 Å². The van der Waals surface area contributed by atoms with Gasteiger partial charge in [-0.2, -0.15) is 0 Å². The maximum Gasteiger partial charge on any atom is 0.225 e. The fraction of sp³-hybridized carbons (Fsp3) is 0.783. The van der Waals surface area contributed by atoms with Crippen LogP contribution in [0.1, 0.15) is 77.7 Å². The molecule has 3 rings (SSSR count). The highest BCUT2D eigenvalue weighted by atomic mass is 16.1.